The normalized spacial score (nSPS) is 9.94. The second-order valence-electron chi connectivity index (χ2n) is 3.23. The van der Waals surface area contributed by atoms with Crippen LogP contribution in [-0.4, -0.2) is 25.3 Å². The van der Waals surface area contributed by atoms with Gasteiger partial charge in [-0.1, -0.05) is 6.07 Å². The fraction of sp³-hybridized carbons (Fsp3) is 0.364. The third kappa shape index (κ3) is 3.73. The van der Waals surface area contributed by atoms with Gasteiger partial charge in [-0.25, -0.2) is 4.39 Å². The fourth-order valence-corrected chi connectivity index (χ4v) is 1.38. The SMILES string of the molecule is COc1ccc(CCNC(=O)CS)cc1F. The van der Waals surface area contributed by atoms with E-state index >= 15 is 0 Å². The lowest BCUT2D eigenvalue weighted by Crippen LogP contribution is -2.26. The largest absolute Gasteiger partial charge is 0.494 e. The van der Waals surface area contributed by atoms with E-state index in [1.54, 1.807) is 12.1 Å². The molecule has 0 aromatic heterocycles. The molecule has 0 saturated heterocycles. The van der Waals surface area contributed by atoms with Crippen LogP contribution >= 0.6 is 12.6 Å². The fourth-order valence-electron chi connectivity index (χ4n) is 1.27. The highest BCUT2D eigenvalue weighted by molar-refractivity contribution is 7.81. The molecule has 3 nitrogen and oxygen atoms in total. The summed E-state index contributed by atoms with van der Waals surface area (Å²) in [6.45, 7) is 0.477. The van der Waals surface area contributed by atoms with Gasteiger partial charge in [-0.05, 0) is 24.1 Å². The minimum Gasteiger partial charge on any atom is -0.494 e. The number of methoxy groups -OCH3 is 1. The summed E-state index contributed by atoms with van der Waals surface area (Å²) in [6.07, 6.45) is 0.584. The molecule has 0 heterocycles. The predicted octanol–water partition coefficient (Wildman–Crippen LogP) is 1.42. The molecule has 0 aliphatic carbocycles. The Morgan fingerprint density at radius 3 is 2.88 bits per heavy atom. The summed E-state index contributed by atoms with van der Waals surface area (Å²) in [7, 11) is 1.42. The van der Waals surface area contributed by atoms with Crippen molar-refractivity contribution in [3.05, 3.63) is 29.6 Å². The monoisotopic (exact) mass is 243 g/mol. The summed E-state index contributed by atoms with van der Waals surface area (Å²) in [6, 6.07) is 4.76. The first-order valence-corrected chi connectivity index (χ1v) is 5.50. The average molecular weight is 243 g/mol. The predicted molar refractivity (Wildman–Crippen MR) is 63.5 cm³/mol. The molecule has 1 aromatic rings. The molecule has 0 atom stereocenters. The van der Waals surface area contributed by atoms with Gasteiger partial charge in [-0.15, -0.1) is 0 Å². The lowest BCUT2D eigenvalue weighted by molar-refractivity contribution is -0.118. The Hall–Kier alpha value is -1.23. The molecule has 0 aliphatic rings. The second kappa shape index (κ2) is 6.37. The van der Waals surface area contributed by atoms with Crippen molar-refractivity contribution in [2.75, 3.05) is 19.4 Å². The van der Waals surface area contributed by atoms with Crippen molar-refractivity contribution in [2.45, 2.75) is 6.42 Å². The van der Waals surface area contributed by atoms with Crippen LogP contribution in [0.15, 0.2) is 18.2 Å². The van der Waals surface area contributed by atoms with Crippen LogP contribution in [0.25, 0.3) is 0 Å². The van der Waals surface area contributed by atoms with E-state index in [2.05, 4.69) is 17.9 Å². The first-order chi connectivity index (χ1) is 7.67. The van der Waals surface area contributed by atoms with Gasteiger partial charge in [-0.3, -0.25) is 4.79 Å². The summed E-state index contributed by atoms with van der Waals surface area (Å²) in [4.78, 5) is 10.9. The first kappa shape index (κ1) is 12.8. The van der Waals surface area contributed by atoms with Crippen molar-refractivity contribution in [3.8, 4) is 5.75 Å². The van der Waals surface area contributed by atoms with Crippen LogP contribution in [0.2, 0.25) is 0 Å². The van der Waals surface area contributed by atoms with Crippen molar-refractivity contribution in [2.24, 2.45) is 0 Å². The van der Waals surface area contributed by atoms with Crippen LogP contribution < -0.4 is 10.1 Å². The number of carbonyl (C=O) groups is 1. The zero-order valence-corrected chi connectivity index (χ0v) is 9.89. The van der Waals surface area contributed by atoms with Crippen molar-refractivity contribution >= 4 is 18.5 Å². The van der Waals surface area contributed by atoms with Gasteiger partial charge in [0.25, 0.3) is 0 Å². The molecule has 1 N–H and O–H groups in total. The molecule has 0 radical (unpaired) electrons. The molecule has 0 bridgehead atoms. The number of nitrogens with one attached hydrogen (secondary N) is 1. The van der Waals surface area contributed by atoms with Gasteiger partial charge in [-0.2, -0.15) is 12.6 Å². The number of rotatable bonds is 5. The van der Waals surface area contributed by atoms with Gasteiger partial charge in [0.15, 0.2) is 11.6 Å². The molecule has 1 amide bonds. The van der Waals surface area contributed by atoms with Crippen LogP contribution in [0, 0.1) is 5.82 Å². The highest BCUT2D eigenvalue weighted by Crippen LogP contribution is 2.17. The van der Waals surface area contributed by atoms with Crippen molar-refractivity contribution in [3.63, 3.8) is 0 Å². The highest BCUT2D eigenvalue weighted by atomic mass is 32.1. The zero-order chi connectivity index (χ0) is 12.0. The third-order valence-corrected chi connectivity index (χ3v) is 2.38. The number of carbonyl (C=O) groups excluding carboxylic acids is 1. The Morgan fingerprint density at radius 1 is 1.56 bits per heavy atom. The maximum absolute atomic E-state index is 13.3. The van der Waals surface area contributed by atoms with Crippen molar-refractivity contribution < 1.29 is 13.9 Å². The Labute approximate surface area is 99.4 Å². The van der Waals surface area contributed by atoms with E-state index in [1.165, 1.54) is 13.2 Å². The molecule has 0 unspecified atom stereocenters. The zero-order valence-electron chi connectivity index (χ0n) is 9.00. The second-order valence-corrected chi connectivity index (χ2v) is 3.54. The summed E-state index contributed by atoms with van der Waals surface area (Å²) in [5.74, 6) is -0.127. The number of halogens is 1. The lowest BCUT2D eigenvalue weighted by Gasteiger charge is -2.06. The highest BCUT2D eigenvalue weighted by Gasteiger charge is 2.03. The van der Waals surface area contributed by atoms with Crippen LogP contribution in [0.3, 0.4) is 0 Å². The van der Waals surface area contributed by atoms with Gasteiger partial charge >= 0.3 is 0 Å². The number of thiol groups is 1. The smallest absolute Gasteiger partial charge is 0.229 e. The quantitative estimate of drug-likeness (QED) is 0.768. The molecular weight excluding hydrogens is 229 g/mol. The Kier molecular flexibility index (Phi) is 5.11. The molecular formula is C11H14FNO2S. The van der Waals surface area contributed by atoms with E-state index in [-0.39, 0.29) is 23.2 Å². The molecule has 0 fully saturated rings. The van der Waals surface area contributed by atoms with Gasteiger partial charge in [0.1, 0.15) is 0 Å². The summed E-state index contributed by atoms with van der Waals surface area (Å²) in [5, 5.41) is 2.66. The minimum atomic E-state index is -0.388. The van der Waals surface area contributed by atoms with E-state index in [0.717, 1.165) is 5.56 Å². The van der Waals surface area contributed by atoms with Gasteiger partial charge in [0.2, 0.25) is 5.91 Å². The molecule has 5 heteroatoms. The van der Waals surface area contributed by atoms with Gasteiger partial charge in [0.05, 0.1) is 12.9 Å². The Morgan fingerprint density at radius 2 is 2.31 bits per heavy atom. The summed E-state index contributed by atoms with van der Waals surface area (Å²) in [5.41, 5.74) is 0.817. The van der Waals surface area contributed by atoms with E-state index in [4.69, 9.17) is 4.74 Å². The van der Waals surface area contributed by atoms with Crippen LogP contribution in [0.4, 0.5) is 4.39 Å². The maximum atomic E-state index is 13.3. The molecule has 16 heavy (non-hydrogen) atoms. The van der Waals surface area contributed by atoms with Crippen LogP contribution in [-0.2, 0) is 11.2 Å². The maximum Gasteiger partial charge on any atom is 0.229 e. The minimum absolute atomic E-state index is 0.127. The van der Waals surface area contributed by atoms with E-state index < -0.39 is 0 Å². The molecule has 0 aliphatic heterocycles. The number of hydrogen-bond acceptors (Lipinski definition) is 3. The molecule has 0 spiro atoms. The first-order valence-electron chi connectivity index (χ1n) is 4.87. The number of ether oxygens (including phenoxy) is 1. The topological polar surface area (TPSA) is 38.3 Å². The summed E-state index contributed by atoms with van der Waals surface area (Å²) < 4.78 is 18.1. The lowest BCUT2D eigenvalue weighted by atomic mass is 10.1. The number of benzene rings is 1. The molecule has 1 rings (SSSR count). The van der Waals surface area contributed by atoms with E-state index in [9.17, 15) is 9.18 Å². The van der Waals surface area contributed by atoms with Crippen molar-refractivity contribution in [1.82, 2.24) is 5.32 Å². The number of amides is 1. The molecule has 88 valence electrons. The van der Waals surface area contributed by atoms with Crippen LogP contribution in [0.5, 0.6) is 5.75 Å². The van der Waals surface area contributed by atoms with Crippen LogP contribution in [0.1, 0.15) is 5.56 Å². The Balaban J connectivity index is 2.49. The van der Waals surface area contributed by atoms with E-state index in [0.29, 0.717) is 13.0 Å². The van der Waals surface area contributed by atoms with Gasteiger partial charge in [0, 0.05) is 6.54 Å². The summed E-state index contributed by atoms with van der Waals surface area (Å²) >= 11 is 3.83. The standard InChI is InChI=1S/C11H14FNO2S/c1-15-10-3-2-8(6-9(10)12)4-5-13-11(14)7-16/h2-3,6,16H,4-5,7H2,1H3,(H,13,14). The average Bonchev–Trinajstić information content (AvgIpc) is 2.29. The van der Waals surface area contributed by atoms with Gasteiger partial charge < -0.3 is 10.1 Å². The third-order valence-electron chi connectivity index (χ3n) is 2.10. The van der Waals surface area contributed by atoms with E-state index in [1.807, 2.05) is 0 Å². The molecule has 1 aromatic carbocycles. The van der Waals surface area contributed by atoms with Crippen molar-refractivity contribution in [1.29, 1.82) is 0 Å². The number of hydrogen-bond donors (Lipinski definition) is 2. The molecule has 0 saturated carbocycles. The Bertz CT molecular complexity index is 371.